The summed E-state index contributed by atoms with van der Waals surface area (Å²) in [6, 6.07) is 20.1. The van der Waals surface area contributed by atoms with Crippen LogP contribution in [0.25, 0.3) is 0 Å². The number of nitrogens with zero attached hydrogens (tertiary/aromatic N) is 2. The summed E-state index contributed by atoms with van der Waals surface area (Å²) >= 11 is 0. The van der Waals surface area contributed by atoms with Crippen LogP contribution in [0.5, 0.6) is 5.75 Å². The molecule has 0 aliphatic heterocycles. The van der Waals surface area contributed by atoms with Crippen LogP contribution < -0.4 is 14.8 Å². The monoisotopic (exact) mass is 455 g/mol. The number of anilines is 2. The van der Waals surface area contributed by atoms with E-state index in [9.17, 15) is 13.5 Å². The average Bonchev–Trinajstić information content (AvgIpc) is 2.80. The molecule has 32 heavy (non-hydrogen) atoms. The van der Waals surface area contributed by atoms with E-state index < -0.39 is 10.0 Å². The van der Waals surface area contributed by atoms with Crippen LogP contribution in [0.3, 0.4) is 0 Å². The summed E-state index contributed by atoms with van der Waals surface area (Å²) in [6.07, 6.45) is 1.84. The molecule has 0 amide bonds. The largest absolute Gasteiger partial charge is 0.493 e. The fourth-order valence-electron chi connectivity index (χ4n) is 3.23. The van der Waals surface area contributed by atoms with E-state index in [1.54, 1.807) is 54.6 Å². The van der Waals surface area contributed by atoms with Crippen molar-refractivity contribution in [3.63, 3.8) is 0 Å². The minimum absolute atomic E-state index is 0.0873. The predicted molar refractivity (Wildman–Crippen MR) is 124 cm³/mol. The van der Waals surface area contributed by atoms with Crippen molar-refractivity contribution >= 4 is 27.6 Å². The third-order valence-corrected chi connectivity index (χ3v) is 6.59. The number of nitrogens with two attached hydrogens (primary N) is 1. The van der Waals surface area contributed by atoms with E-state index in [2.05, 4.69) is 5.16 Å². The molecule has 168 valence electrons. The van der Waals surface area contributed by atoms with E-state index in [0.717, 1.165) is 9.87 Å². The van der Waals surface area contributed by atoms with Gasteiger partial charge in [0.25, 0.3) is 10.0 Å². The summed E-state index contributed by atoms with van der Waals surface area (Å²) in [5.74, 6) is 0.488. The van der Waals surface area contributed by atoms with Crippen molar-refractivity contribution < 1.29 is 23.5 Å². The zero-order valence-electron chi connectivity index (χ0n) is 17.3. The summed E-state index contributed by atoms with van der Waals surface area (Å²) in [5, 5.41) is 21.4. The van der Waals surface area contributed by atoms with Crippen molar-refractivity contribution in [3.8, 4) is 5.75 Å². The Bertz CT molecular complexity index is 1170. The quantitative estimate of drug-likeness (QED) is 0.187. The molecule has 0 fully saturated rings. The molecule has 0 saturated heterocycles. The first kappa shape index (κ1) is 23.1. The summed E-state index contributed by atoms with van der Waals surface area (Å²) in [5.41, 5.74) is 8.30. The number of benzene rings is 3. The fraction of sp³-hybridized carbons (Fsp3) is 0.174. The van der Waals surface area contributed by atoms with Crippen molar-refractivity contribution in [3.05, 3.63) is 83.9 Å². The number of oxime groups is 1. The number of rotatable bonds is 10. The van der Waals surface area contributed by atoms with Gasteiger partial charge in [0.05, 0.1) is 36.6 Å². The molecule has 0 aliphatic carbocycles. The summed E-state index contributed by atoms with van der Waals surface area (Å²) in [4.78, 5) is 0.140. The van der Waals surface area contributed by atoms with Gasteiger partial charge in [-0.1, -0.05) is 35.5 Å². The Balaban J connectivity index is 1.77. The first-order valence-electron chi connectivity index (χ1n) is 9.93. The molecular weight excluding hydrogens is 430 g/mol. The zero-order chi connectivity index (χ0) is 23.0. The van der Waals surface area contributed by atoms with Crippen LogP contribution in [0.15, 0.2) is 82.8 Å². The van der Waals surface area contributed by atoms with Gasteiger partial charge in [-0.3, -0.25) is 4.31 Å². The van der Waals surface area contributed by atoms with Crippen LogP contribution in [0, 0.1) is 0 Å². The number of sulfonamides is 1. The van der Waals surface area contributed by atoms with Gasteiger partial charge in [-0.2, -0.15) is 0 Å². The van der Waals surface area contributed by atoms with E-state index in [-0.39, 0.29) is 18.0 Å². The minimum Gasteiger partial charge on any atom is -0.493 e. The highest BCUT2D eigenvalue weighted by molar-refractivity contribution is 7.92. The van der Waals surface area contributed by atoms with Crippen LogP contribution in [0.1, 0.15) is 11.1 Å². The lowest BCUT2D eigenvalue weighted by Gasteiger charge is -2.24. The Morgan fingerprint density at radius 2 is 1.81 bits per heavy atom. The van der Waals surface area contributed by atoms with Crippen molar-refractivity contribution in [2.75, 3.05) is 29.8 Å². The van der Waals surface area contributed by atoms with Gasteiger partial charge in [-0.25, -0.2) is 8.42 Å². The molecule has 0 heterocycles. The summed E-state index contributed by atoms with van der Waals surface area (Å²) < 4.78 is 33.2. The third kappa shape index (κ3) is 5.57. The minimum atomic E-state index is -3.84. The van der Waals surface area contributed by atoms with Gasteiger partial charge < -0.3 is 20.8 Å². The van der Waals surface area contributed by atoms with Gasteiger partial charge in [0.2, 0.25) is 0 Å². The van der Waals surface area contributed by atoms with Crippen LogP contribution in [-0.4, -0.2) is 44.7 Å². The number of ether oxygens (including phenoxy) is 1. The number of aliphatic hydroxyl groups excluding tert-OH is 1. The Hall–Kier alpha value is -3.56. The molecular formula is C23H25N3O5S. The van der Waals surface area contributed by atoms with Gasteiger partial charge >= 0.3 is 0 Å². The number of hydrogen-bond donors (Lipinski definition) is 3. The lowest BCUT2D eigenvalue weighted by atomic mass is 10.0. The van der Waals surface area contributed by atoms with Crippen LogP contribution in [0.2, 0.25) is 0 Å². The van der Waals surface area contributed by atoms with Crippen molar-refractivity contribution in [2.45, 2.75) is 11.3 Å². The molecule has 0 bridgehead atoms. The second-order valence-corrected chi connectivity index (χ2v) is 8.77. The van der Waals surface area contributed by atoms with Crippen LogP contribution >= 0.6 is 0 Å². The maximum atomic E-state index is 13.1. The van der Waals surface area contributed by atoms with Crippen molar-refractivity contribution in [1.82, 2.24) is 0 Å². The number of hydrogen-bond acceptors (Lipinski definition) is 7. The maximum absolute atomic E-state index is 13.1. The zero-order valence-corrected chi connectivity index (χ0v) is 18.1. The lowest BCUT2D eigenvalue weighted by molar-refractivity contribution is 0.306. The normalized spacial score (nSPS) is 11.5. The van der Waals surface area contributed by atoms with E-state index in [1.165, 1.54) is 18.3 Å². The first-order chi connectivity index (χ1) is 15.5. The fourth-order valence-corrected chi connectivity index (χ4v) is 4.70. The highest BCUT2D eigenvalue weighted by Crippen LogP contribution is 2.27. The Labute approximate surface area is 187 Å². The average molecular weight is 456 g/mol. The van der Waals surface area contributed by atoms with E-state index in [0.29, 0.717) is 35.7 Å². The molecule has 0 aliphatic rings. The molecule has 3 aromatic rings. The van der Waals surface area contributed by atoms with Crippen molar-refractivity contribution in [1.29, 1.82) is 0 Å². The van der Waals surface area contributed by atoms with Crippen LogP contribution in [-0.2, 0) is 16.4 Å². The van der Waals surface area contributed by atoms with Gasteiger partial charge in [0.15, 0.2) is 0 Å². The molecule has 0 atom stereocenters. The van der Waals surface area contributed by atoms with Gasteiger partial charge in [-0.05, 0) is 42.0 Å². The summed E-state index contributed by atoms with van der Waals surface area (Å²) in [7, 11) is -3.84. The maximum Gasteiger partial charge on any atom is 0.264 e. The highest BCUT2D eigenvalue weighted by atomic mass is 32.2. The predicted octanol–water partition coefficient (Wildman–Crippen LogP) is 2.89. The second kappa shape index (κ2) is 10.7. The van der Waals surface area contributed by atoms with E-state index in [1.807, 2.05) is 6.07 Å². The molecule has 4 N–H and O–H groups in total. The van der Waals surface area contributed by atoms with Crippen molar-refractivity contribution in [2.24, 2.45) is 5.16 Å². The molecule has 0 saturated carbocycles. The SMILES string of the molecule is Nc1ccc(CCOc2cccc(N(CCO)S(=O)(=O)c3ccccc3)c2)c(C=NO)c1. The molecule has 9 heteroatoms. The Morgan fingerprint density at radius 1 is 1.03 bits per heavy atom. The summed E-state index contributed by atoms with van der Waals surface area (Å²) in [6.45, 7) is -0.107. The first-order valence-corrected chi connectivity index (χ1v) is 11.4. The third-order valence-electron chi connectivity index (χ3n) is 4.75. The lowest BCUT2D eigenvalue weighted by Crippen LogP contribution is -2.33. The molecule has 8 nitrogen and oxygen atoms in total. The topological polar surface area (TPSA) is 125 Å². The Kier molecular flexibility index (Phi) is 7.69. The number of nitrogen functional groups attached to an aromatic ring is 1. The van der Waals surface area contributed by atoms with Gasteiger partial charge in [-0.15, -0.1) is 0 Å². The van der Waals surface area contributed by atoms with E-state index >= 15 is 0 Å². The number of aliphatic hydroxyl groups is 1. The van der Waals surface area contributed by atoms with E-state index in [4.69, 9.17) is 15.7 Å². The van der Waals surface area contributed by atoms with Gasteiger partial charge in [0, 0.05) is 23.7 Å². The Morgan fingerprint density at radius 3 is 2.53 bits per heavy atom. The second-order valence-electron chi connectivity index (χ2n) is 6.91. The molecule has 3 rings (SSSR count). The molecule has 0 aromatic heterocycles. The molecule has 3 aromatic carbocycles. The van der Waals surface area contributed by atoms with Gasteiger partial charge in [0.1, 0.15) is 5.75 Å². The van der Waals surface area contributed by atoms with Crippen LogP contribution in [0.4, 0.5) is 11.4 Å². The molecule has 0 unspecified atom stereocenters. The molecule has 0 radical (unpaired) electrons. The smallest absolute Gasteiger partial charge is 0.264 e. The molecule has 0 spiro atoms. The standard InChI is InChI=1S/C23H25N3O5S/c24-20-10-9-18(19(15-20)17-25-28)11-14-31-22-6-4-5-21(16-22)26(12-13-27)32(29,30)23-7-2-1-3-8-23/h1-10,15-17,27-28H,11-14,24H2. The highest BCUT2D eigenvalue weighted by Gasteiger charge is 2.24.